The van der Waals surface area contributed by atoms with E-state index in [1.165, 1.54) is 6.07 Å². The summed E-state index contributed by atoms with van der Waals surface area (Å²) in [7, 11) is 0. The Labute approximate surface area is 113 Å². The van der Waals surface area contributed by atoms with Crippen LogP contribution in [0.4, 0.5) is 0 Å². The molecule has 1 aromatic carbocycles. The Morgan fingerprint density at radius 1 is 1.47 bits per heavy atom. The Hall–Kier alpha value is -0.820. The summed E-state index contributed by atoms with van der Waals surface area (Å²) >= 11 is 2.00. The predicted octanol–water partition coefficient (Wildman–Crippen LogP) is 1.64. The van der Waals surface area contributed by atoms with Crippen molar-refractivity contribution in [2.45, 2.75) is 24.8 Å². The summed E-state index contributed by atoms with van der Waals surface area (Å²) in [6, 6.07) is 4.80. The number of carbonyl (C=O) groups excluding carboxylic acids is 1. The Morgan fingerprint density at radius 2 is 2.18 bits per heavy atom. The zero-order valence-electron chi connectivity index (χ0n) is 9.24. The van der Waals surface area contributed by atoms with Crippen LogP contribution in [0.3, 0.4) is 0 Å². The van der Waals surface area contributed by atoms with Gasteiger partial charge in [0.1, 0.15) is 5.75 Å². The molecule has 17 heavy (non-hydrogen) atoms. The Kier molecular flexibility index (Phi) is 3.58. The first-order chi connectivity index (χ1) is 8.06. The SMILES string of the molecule is O=C(NC1(CO)CCC1)c1ccc(I)c(O)c1. The van der Waals surface area contributed by atoms with E-state index in [9.17, 15) is 15.0 Å². The molecular weight excluding hydrogens is 333 g/mol. The normalized spacial score (nSPS) is 17.3. The highest BCUT2D eigenvalue weighted by molar-refractivity contribution is 14.1. The third kappa shape index (κ3) is 2.55. The molecule has 5 heteroatoms. The van der Waals surface area contributed by atoms with Crippen LogP contribution in [0.2, 0.25) is 0 Å². The maximum atomic E-state index is 11.9. The molecule has 0 bridgehead atoms. The number of hydrogen-bond donors (Lipinski definition) is 3. The number of phenols is 1. The van der Waals surface area contributed by atoms with Gasteiger partial charge >= 0.3 is 0 Å². The lowest BCUT2D eigenvalue weighted by atomic mass is 9.77. The van der Waals surface area contributed by atoms with E-state index in [1.54, 1.807) is 12.1 Å². The molecule has 2 rings (SSSR count). The highest BCUT2D eigenvalue weighted by Crippen LogP contribution is 2.31. The molecule has 0 aromatic heterocycles. The van der Waals surface area contributed by atoms with Crippen molar-refractivity contribution >= 4 is 28.5 Å². The molecule has 0 unspecified atom stereocenters. The van der Waals surface area contributed by atoms with Crippen LogP contribution in [-0.2, 0) is 0 Å². The van der Waals surface area contributed by atoms with Gasteiger partial charge in [-0.15, -0.1) is 0 Å². The molecular formula is C12H14INO3. The number of nitrogens with one attached hydrogen (secondary N) is 1. The van der Waals surface area contributed by atoms with Crippen LogP contribution in [0.1, 0.15) is 29.6 Å². The molecule has 1 saturated carbocycles. The molecule has 1 aliphatic rings. The highest BCUT2D eigenvalue weighted by atomic mass is 127. The van der Waals surface area contributed by atoms with Crippen molar-refractivity contribution in [2.24, 2.45) is 0 Å². The monoisotopic (exact) mass is 347 g/mol. The van der Waals surface area contributed by atoms with E-state index in [2.05, 4.69) is 5.32 Å². The fraction of sp³-hybridized carbons (Fsp3) is 0.417. The number of halogens is 1. The van der Waals surface area contributed by atoms with E-state index in [-0.39, 0.29) is 18.3 Å². The van der Waals surface area contributed by atoms with Crippen LogP contribution in [0.15, 0.2) is 18.2 Å². The van der Waals surface area contributed by atoms with Gasteiger partial charge in [0.25, 0.3) is 5.91 Å². The number of hydrogen-bond acceptors (Lipinski definition) is 3. The van der Waals surface area contributed by atoms with Gasteiger partial charge in [0, 0.05) is 5.56 Å². The molecule has 0 heterocycles. The summed E-state index contributed by atoms with van der Waals surface area (Å²) in [5.74, 6) is -0.143. The van der Waals surface area contributed by atoms with Gasteiger partial charge in [-0.25, -0.2) is 0 Å². The quantitative estimate of drug-likeness (QED) is 0.729. The fourth-order valence-electron chi connectivity index (χ4n) is 1.89. The average molecular weight is 347 g/mol. The fourth-order valence-corrected chi connectivity index (χ4v) is 2.23. The van der Waals surface area contributed by atoms with Crippen LogP contribution >= 0.6 is 22.6 Å². The second kappa shape index (κ2) is 4.81. The second-order valence-electron chi connectivity index (χ2n) is 4.41. The number of aliphatic hydroxyl groups is 1. The highest BCUT2D eigenvalue weighted by Gasteiger charge is 2.37. The van der Waals surface area contributed by atoms with E-state index in [1.807, 2.05) is 22.6 Å². The van der Waals surface area contributed by atoms with E-state index in [0.717, 1.165) is 19.3 Å². The van der Waals surface area contributed by atoms with Crippen molar-refractivity contribution in [3.8, 4) is 5.75 Å². The lowest BCUT2D eigenvalue weighted by Gasteiger charge is -2.40. The Bertz CT molecular complexity index is 438. The van der Waals surface area contributed by atoms with Crippen molar-refractivity contribution in [2.75, 3.05) is 6.61 Å². The molecule has 0 saturated heterocycles. The first-order valence-corrected chi connectivity index (χ1v) is 6.56. The van der Waals surface area contributed by atoms with Gasteiger partial charge in [0.15, 0.2) is 0 Å². The van der Waals surface area contributed by atoms with E-state index >= 15 is 0 Å². The average Bonchev–Trinajstić information content (AvgIpc) is 2.27. The van der Waals surface area contributed by atoms with Gasteiger partial charge in [-0.05, 0) is 60.1 Å². The van der Waals surface area contributed by atoms with Gasteiger partial charge in [-0.3, -0.25) is 4.79 Å². The number of carbonyl (C=O) groups is 1. The van der Waals surface area contributed by atoms with E-state index < -0.39 is 5.54 Å². The first kappa shape index (κ1) is 12.6. The standard InChI is InChI=1S/C12H14INO3/c13-9-3-2-8(6-10(9)16)11(17)14-12(7-15)4-1-5-12/h2-3,6,15-16H,1,4-5,7H2,(H,14,17). The van der Waals surface area contributed by atoms with Gasteiger partial charge in [-0.1, -0.05) is 0 Å². The molecule has 0 aliphatic heterocycles. The van der Waals surface area contributed by atoms with E-state index in [0.29, 0.717) is 9.13 Å². The maximum absolute atomic E-state index is 11.9. The molecule has 4 nitrogen and oxygen atoms in total. The Balaban J connectivity index is 2.11. The molecule has 0 atom stereocenters. The smallest absolute Gasteiger partial charge is 0.251 e. The summed E-state index contributed by atoms with van der Waals surface area (Å²) in [5, 5.41) is 21.6. The molecule has 92 valence electrons. The lowest BCUT2D eigenvalue weighted by Crippen LogP contribution is -2.56. The van der Waals surface area contributed by atoms with Gasteiger partial charge in [0.2, 0.25) is 0 Å². The van der Waals surface area contributed by atoms with Crippen molar-refractivity contribution < 1.29 is 15.0 Å². The van der Waals surface area contributed by atoms with Crippen molar-refractivity contribution in [1.29, 1.82) is 0 Å². The van der Waals surface area contributed by atoms with Crippen LogP contribution in [-0.4, -0.2) is 28.3 Å². The number of aliphatic hydroxyl groups excluding tert-OH is 1. The summed E-state index contributed by atoms with van der Waals surface area (Å²) in [4.78, 5) is 11.9. The summed E-state index contributed by atoms with van der Waals surface area (Å²) in [6.07, 6.45) is 2.65. The van der Waals surface area contributed by atoms with Crippen molar-refractivity contribution in [1.82, 2.24) is 5.32 Å². The van der Waals surface area contributed by atoms with Crippen LogP contribution in [0.5, 0.6) is 5.75 Å². The Morgan fingerprint density at radius 3 is 2.65 bits per heavy atom. The van der Waals surface area contributed by atoms with Gasteiger partial charge in [-0.2, -0.15) is 0 Å². The molecule has 1 fully saturated rings. The maximum Gasteiger partial charge on any atom is 0.251 e. The minimum atomic E-state index is -0.449. The van der Waals surface area contributed by atoms with E-state index in [4.69, 9.17) is 0 Å². The largest absolute Gasteiger partial charge is 0.507 e. The topological polar surface area (TPSA) is 69.6 Å². The second-order valence-corrected chi connectivity index (χ2v) is 5.57. The molecule has 1 aromatic rings. The van der Waals surface area contributed by atoms with Gasteiger partial charge in [0.05, 0.1) is 15.7 Å². The number of benzene rings is 1. The van der Waals surface area contributed by atoms with Crippen LogP contribution in [0, 0.1) is 3.57 Å². The number of phenolic OH excluding ortho intramolecular Hbond substituents is 1. The van der Waals surface area contributed by atoms with Crippen LogP contribution < -0.4 is 5.32 Å². The third-order valence-electron chi connectivity index (χ3n) is 3.20. The molecule has 0 radical (unpaired) electrons. The first-order valence-electron chi connectivity index (χ1n) is 5.48. The molecule has 3 N–H and O–H groups in total. The zero-order valence-corrected chi connectivity index (χ0v) is 11.4. The zero-order chi connectivity index (χ0) is 12.5. The number of aromatic hydroxyl groups is 1. The number of rotatable bonds is 3. The summed E-state index contributed by atoms with van der Waals surface area (Å²) < 4.78 is 0.708. The van der Waals surface area contributed by atoms with Crippen molar-refractivity contribution in [3.63, 3.8) is 0 Å². The molecule has 1 amide bonds. The summed E-state index contributed by atoms with van der Waals surface area (Å²) in [6.45, 7) is -0.0326. The predicted molar refractivity (Wildman–Crippen MR) is 72.0 cm³/mol. The summed E-state index contributed by atoms with van der Waals surface area (Å²) in [5.41, 5.74) is -0.0296. The molecule has 0 spiro atoms. The van der Waals surface area contributed by atoms with Crippen molar-refractivity contribution in [3.05, 3.63) is 27.3 Å². The third-order valence-corrected chi connectivity index (χ3v) is 4.11. The van der Waals surface area contributed by atoms with Crippen LogP contribution in [0.25, 0.3) is 0 Å². The lowest BCUT2D eigenvalue weighted by molar-refractivity contribution is 0.0641. The number of amides is 1. The minimum Gasteiger partial charge on any atom is -0.507 e. The minimum absolute atomic E-state index is 0.0326. The van der Waals surface area contributed by atoms with Gasteiger partial charge < -0.3 is 15.5 Å². The molecule has 1 aliphatic carbocycles.